The third-order valence-electron chi connectivity index (χ3n) is 3.68. The Morgan fingerprint density at radius 3 is 2.80 bits per heavy atom. The number of nitrogens with one attached hydrogen (secondary N) is 1. The fourth-order valence-electron chi connectivity index (χ4n) is 2.61. The molecule has 1 aliphatic rings. The summed E-state index contributed by atoms with van der Waals surface area (Å²) in [5.74, 6) is 0.0468. The molecule has 0 spiro atoms. The Labute approximate surface area is 126 Å². The zero-order chi connectivity index (χ0) is 14.3. The fraction of sp³-hybridized carbons (Fsp3) is 0.188. The average molecular weight is 331 g/mol. The smallest absolute Gasteiger partial charge is 0.228 e. The van der Waals surface area contributed by atoms with E-state index in [9.17, 15) is 4.79 Å². The molecule has 1 amide bonds. The van der Waals surface area contributed by atoms with E-state index in [1.165, 1.54) is 0 Å². The normalized spacial score (nSPS) is 14.8. The van der Waals surface area contributed by atoms with Crippen LogP contribution < -0.4 is 11.1 Å². The lowest BCUT2D eigenvalue weighted by Gasteiger charge is -2.16. The van der Waals surface area contributed by atoms with E-state index >= 15 is 0 Å². The number of anilines is 1. The molecule has 1 atom stereocenters. The van der Waals surface area contributed by atoms with Gasteiger partial charge in [0.15, 0.2) is 0 Å². The maximum Gasteiger partial charge on any atom is 0.228 e. The molecule has 3 rings (SSSR count). The van der Waals surface area contributed by atoms with Gasteiger partial charge in [-0.15, -0.1) is 0 Å². The second-order valence-electron chi connectivity index (χ2n) is 5.12. The lowest BCUT2D eigenvalue weighted by atomic mass is 9.94. The van der Waals surface area contributed by atoms with E-state index in [0.717, 1.165) is 32.4 Å². The van der Waals surface area contributed by atoms with Crippen molar-refractivity contribution in [3.8, 4) is 0 Å². The Morgan fingerprint density at radius 2 is 2.05 bits per heavy atom. The van der Waals surface area contributed by atoms with E-state index < -0.39 is 0 Å². The number of fused-ring (bicyclic) bond motifs is 1. The van der Waals surface area contributed by atoms with Gasteiger partial charge in [0.05, 0.1) is 12.5 Å². The summed E-state index contributed by atoms with van der Waals surface area (Å²) in [5, 5.41) is 2.84. The summed E-state index contributed by atoms with van der Waals surface area (Å²) in [6.45, 7) is 2.05. The van der Waals surface area contributed by atoms with Crippen LogP contribution in [-0.4, -0.2) is 5.91 Å². The number of nitrogens with two attached hydrogens (primary N) is 1. The molecule has 0 radical (unpaired) electrons. The average Bonchev–Trinajstić information content (AvgIpc) is 2.77. The quantitative estimate of drug-likeness (QED) is 0.887. The van der Waals surface area contributed by atoms with Crippen molar-refractivity contribution in [2.75, 3.05) is 5.32 Å². The minimum atomic E-state index is -0.177. The zero-order valence-corrected chi connectivity index (χ0v) is 12.7. The summed E-state index contributed by atoms with van der Waals surface area (Å²) in [7, 11) is 0. The van der Waals surface area contributed by atoms with Gasteiger partial charge in [0.1, 0.15) is 0 Å². The summed E-state index contributed by atoms with van der Waals surface area (Å²) in [4.78, 5) is 11.4. The minimum absolute atomic E-state index is 0.0468. The SMILES string of the molecule is Cc1cc(Br)ccc1C(N)c1ccc2c(c1)CC(=O)N2. The molecule has 0 fully saturated rings. The number of carbonyl (C=O) groups is 1. The Balaban J connectivity index is 1.97. The molecule has 0 aliphatic carbocycles. The molecule has 2 aromatic carbocycles. The first-order chi connectivity index (χ1) is 9.54. The Hall–Kier alpha value is -1.65. The van der Waals surface area contributed by atoms with E-state index in [4.69, 9.17) is 5.73 Å². The standard InChI is InChI=1S/C16H15BrN2O/c1-9-6-12(17)3-4-13(9)16(18)10-2-5-14-11(7-10)8-15(20)19-14/h2-7,16H,8,18H2,1H3,(H,19,20). The summed E-state index contributed by atoms with van der Waals surface area (Å²) in [6, 6.07) is 11.9. The van der Waals surface area contributed by atoms with Crippen LogP contribution >= 0.6 is 15.9 Å². The van der Waals surface area contributed by atoms with E-state index in [1.807, 2.05) is 30.3 Å². The molecule has 4 heteroatoms. The van der Waals surface area contributed by atoms with Crippen LogP contribution in [0.5, 0.6) is 0 Å². The maximum absolute atomic E-state index is 11.4. The van der Waals surface area contributed by atoms with Gasteiger partial charge in [0.2, 0.25) is 5.91 Å². The van der Waals surface area contributed by atoms with Crippen molar-refractivity contribution < 1.29 is 4.79 Å². The van der Waals surface area contributed by atoms with Crippen LogP contribution in [0.4, 0.5) is 5.69 Å². The Kier molecular flexibility index (Phi) is 3.36. The van der Waals surface area contributed by atoms with Gasteiger partial charge in [-0.25, -0.2) is 0 Å². The zero-order valence-electron chi connectivity index (χ0n) is 11.1. The number of benzene rings is 2. The monoisotopic (exact) mass is 330 g/mol. The van der Waals surface area contributed by atoms with Gasteiger partial charge >= 0.3 is 0 Å². The molecule has 3 nitrogen and oxygen atoms in total. The van der Waals surface area contributed by atoms with Crippen LogP contribution in [0.15, 0.2) is 40.9 Å². The first-order valence-electron chi connectivity index (χ1n) is 6.49. The lowest BCUT2D eigenvalue weighted by molar-refractivity contribution is -0.115. The van der Waals surface area contributed by atoms with Gasteiger partial charge in [-0.05, 0) is 47.4 Å². The summed E-state index contributed by atoms with van der Waals surface area (Å²) >= 11 is 3.46. The van der Waals surface area contributed by atoms with Crippen LogP contribution in [-0.2, 0) is 11.2 Å². The number of carbonyl (C=O) groups excluding carboxylic acids is 1. The highest BCUT2D eigenvalue weighted by Crippen LogP contribution is 2.30. The molecule has 0 saturated heterocycles. The van der Waals surface area contributed by atoms with Crippen molar-refractivity contribution in [2.45, 2.75) is 19.4 Å². The first-order valence-corrected chi connectivity index (χ1v) is 7.28. The number of hydrogen-bond acceptors (Lipinski definition) is 2. The number of rotatable bonds is 2. The molecular weight excluding hydrogens is 316 g/mol. The summed E-state index contributed by atoms with van der Waals surface area (Å²) in [5.41, 5.74) is 11.6. The van der Waals surface area contributed by atoms with E-state index in [2.05, 4.69) is 34.2 Å². The fourth-order valence-corrected chi connectivity index (χ4v) is 3.09. The predicted octanol–water partition coefficient (Wildman–Crippen LogP) is 3.30. The van der Waals surface area contributed by atoms with Crippen LogP contribution in [0.25, 0.3) is 0 Å². The third-order valence-corrected chi connectivity index (χ3v) is 4.17. The number of aryl methyl sites for hydroxylation is 1. The van der Waals surface area contributed by atoms with Gasteiger partial charge in [0, 0.05) is 10.2 Å². The minimum Gasteiger partial charge on any atom is -0.326 e. The van der Waals surface area contributed by atoms with E-state index in [0.29, 0.717) is 6.42 Å². The van der Waals surface area contributed by atoms with Gasteiger partial charge in [-0.2, -0.15) is 0 Å². The van der Waals surface area contributed by atoms with Gasteiger partial charge in [0.25, 0.3) is 0 Å². The highest BCUT2D eigenvalue weighted by molar-refractivity contribution is 9.10. The van der Waals surface area contributed by atoms with Crippen LogP contribution in [0.2, 0.25) is 0 Å². The third kappa shape index (κ3) is 2.37. The Bertz CT molecular complexity index is 697. The lowest BCUT2D eigenvalue weighted by Crippen LogP contribution is -2.13. The first kappa shape index (κ1) is 13.3. The topological polar surface area (TPSA) is 55.1 Å². The molecular formula is C16H15BrN2O. The molecule has 0 saturated carbocycles. The van der Waals surface area contributed by atoms with Crippen molar-refractivity contribution >= 4 is 27.5 Å². The van der Waals surface area contributed by atoms with Gasteiger partial charge in [-0.1, -0.05) is 34.1 Å². The van der Waals surface area contributed by atoms with Crippen molar-refractivity contribution in [1.29, 1.82) is 0 Å². The molecule has 102 valence electrons. The van der Waals surface area contributed by atoms with Crippen molar-refractivity contribution in [1.82, 2.24) is 0 Å². The van der Waals surface area contributed by atoms with E-state index in [1.54, 1.807) is 0 Å². The van der Waals surface area contributed by atoms with Crippen molar-refractivity contribution in [2.24, 2.45) is 5.73 Å². The molecule has 2 aromatic rings. The van der Waals surface area contributed by atoms with Crippen molar-refractivity contribution in [3.05, 3.63) is 63.1 Å². The number of hydrogen-bond donors (Lipinski definition) is 2. The van der Waals surface area contributed by atoms with Crippen LogP contribution in [0.1, 0.15) is 28.3 Å². The highest BCUT2D eigenvalue weighted by Gasteiger charge is 2.20. The maximum atomic E-state index is 11.4. The van der Waals surface area contributed by atoms with Gasteiger partial charge in [-0.3, -0.25) is 4.79 Å². The largest absolute Gasteiger partial charge is 0.326 e. The second kappa shape index (κ2) is 5.04. The van der Waals surface area contributed by atoms with Crippen LogP contribution in [0.3, 0.4) is 0 Å². The molecule has 1 heterocycles. The predicted molar refractivity (Wildman–Crippen MR) is 83.7 cm³/mol. The summed E-state index contributed by atoms with van der Waals surface area (Å²) in [6.07, 6.45) is 0.440. The summed E-state index contributed by atoms with van der Waals surface area (Å²) < 4.78 is 1.05. The molecule has 1 unspecified atom stereocenters. The van der Waals surface area contributed by atoms with Gasteiger partial charge < -0.3 is 11.1 Å². The number of amides is 1. The number of halogens is 1. The molecule has 1 aliphatic heterocycles. The second-order valence-corrected chi connectivity index (χ2v) is 6.04. The molecule has 3 N–H and O–H groups in total. The van der Waals surface area contributed by atoms with Crippen LogP contribution in [0, 0.1) is 6.92 Å². The molecule has 20 heavy (non-hydrogen) atoms. The van der Waals surface area contributed by atoms with E-state index in [-0.39, 0.29) is 11.9 Å². The molecule has 0 bridgehead atoms. The Morgan fingerprint density at radius 1 is 1.25 bits per heavy atom. The van der Waals surface area contributed by atoms with Crippen molar-refractivity contribution in [3.63, 3.8) is 0 Å². The highest BCUT2D eigenvalue weighted by atomic mass is 79.9. The molecule has 0 aromatic heterocycles.